The van der Waals surface area contributed by atoms with Crippen molar-refractivity contribution in [1.29, 1.82) is 0 Å². The molecule has 0 amide bonds. The van der Waals surface area contributed by atoms with Gasteiger partial charge in [0, 0.05) is 33.3 Å². The minimum absolute atomic E-state index is 0.307. The second kappa shape index (κ2) is 9.98. The molecule has 1 atom stereocenters. The van der Waals surface area contributed by atoms with Crippen molar-refractivity contribution in [1.82, 2.24) is 13.9 Å². The average molecular weight is 396 g/mol. The summed E-state index contributed by atoms with van der Waals surface area (Å²) in [4.78, 5) is 2.46. The number of likely N-dealkylation sites (tertiary alicyclic amines) is 1. The third-order valence-corrected chi connectivity index (χ3v) is 7.28. The summed E-state index contributed by atoms with van der Waals surface area (Å²) in [6, 6.07) is 10.5. The molecule has 6 nitrogen and oxygen atoms in total. The number of ether oxygens (including phenoxy) is 1. The van der Waals surface area contributed by atoms with E-state index in [1.54, 1.807) is 11.4 Å². The van der Waals surface area contributed by atoms with E-state index in [1.807, 2.05) is 6.07 Å². The first-order chi connectivity index (χ1) is 13.1. The number of rotatable bonds is 8. The number of nitrogens with one attached hydrogen (secondary N) is 1. The zero-order chi connectivity index (χ0) is 19.1. The lowest BCUT2D eigenvalue weighted by Gasteiger charge is -2.34. The summed E-state index contributed by atoms with van der Waals surface area (Å²) in [6.45, 7) is 5.40. The molecule has 152 valence electrons. The summed E-state index contributed by atoms with van der Waals surface area (Å²) < 4.78 is 35.0. The van der Waals surface area contributed by atoms with Gasteiger partial charge in [-0.1, -0.05) is 30.3 Å². The summed E-state index contributed by atoms with van der Waals surface area (Å²) in [7, 11) is -1.71. The van der Waals surface area contributed by atoms with Gasteiger partial charge in [0.15, 0.2) is 0 Å². The van der Waals surface area contributed by atoms with Crippen LogP contribution in [0.25, 0.3) is 0 Å². The van der Waals surface area contributed by atoms with Crippen molar-refractivity contribution < 1.29 is 13.2 Å². The number of hydrogen-bond acceptors (Lipinski definition) is 4. The third kappa shape index (κ3) is 6.26. The monoisotopic (exact) mass is 395 g/mol. The van der Waals surface area contributed by atoms with Crippen LogP contribution < -0.4 is 4.72 Å². The van der Waals surface area contributed by atoms with Gasteiger partial charge in [-0.25, -0.2) is 4.72 Å². The smallest absolute Gasteiger partial charge is 0.279 e. The molecule has 2 heterocycles. The van der Waals surface area contributed by atoms with Crippen LogP contribution in [-0.2, 0) is 21.5 Å². The van der Waals surface area contributed by atoms with E-state index in [2.05, 4.69) is 33.9 Å². The van der Waals surface area contributed by atoms with Gasteiger partial charge >= 0.3 is 0 Å². The molecule has 1 aromatic carbocycles. The van der Waals surface area contributed by atoms with Crippen LogP contribution >= 0.6 is 0 Å². The number of hydrogen-bond donors (Lipinski definition) is 1. The van der Waals surface area contributed by atoms with Crippen molar-refractivity contribution in [2.75, 3.05) is 46.4 Å². The van der Waals surface area contributed by atoms with Crippen LogP contribution in [0.5, 0.6) is 0 Å². The van der Waals surface area contributed by atoms with Gasteiger partial charge in [0.1, 0.15) is 0 Å². The molecule has 0 saturated carbocycles. The van der Waals surface area contributed by atoms with E-state index in [4.69, 9.17) is 4.74 Å². The minimum atomic E-state index is -3.38. The molecular weight excluding hydrogens is 362 g/mol. The summed E-state index contributed by atoms with van der Waals surface area (Å²) in [5.41, 5.74) is 1.34. The Morgan fingerprint density at radius 2 is 1.81 bits per heavy atom. The van der Waals surface area contributed by atoms with Gasteiger partial charge in [0.25, 0.3) is 10.2 Å². The highest BCUT2D eigenvalue weighted by Gasteiger charge is 2.29. The number of piperidine rings is 2. The lowest BCUT2D eigenvalue weighted by Crippen LogP contribution is -2.48. The van der Waals surface area contributed by atoms with Gasteiger partial charge in [-0.3, -0.25) is 4.90 Å². The number of benzene rings is 1. The molecule has 7 heteroatoms. The van der Waals surface area contributed by atoms with Gasteiger partial charge in [-0.15, -0.1) is 0 Å². The largest absolute Gasteiger partial charge is 0.384 e. The van der Waals surface area contributed by atoms with Gasteiger partial charge in [-0.05, 0) is 56.2 Å². The predicted octanol–water partition coefficient (Wildman–Crippen LogP) is 2.09. The Kier molecular flexibility index (Phi) is 7.66. The molecule has 0 aromatic heterocycles. The Hall–Kier alpha value is -0.990. The Morgan fingerprint density at radius 1 is 1.07 bits per heavy atom. The number of methoxy groups -OCH3 is 1. The van der Waals surface area contributed by atoms with Crippen LogP contribution in [0.15, 0.2) is 30.3 Å². The Bertz CT molecular complexity index is 658. The van der Waals surface area contributed by atoms with Crippen LogP contribution in [-0.4, -0.2) is 64.1 Å². The molecule has 2 aliphatic rings. The van der Waals surface area contributed by atoms with Gasteiger partial charge < -0.3 is 4.74 Å². The van der Waals surface area contributed by atoms with E-state index >= 15 is 0 Å². The summed E-state index contributed by atoms with van der Waals surface area (Å²) in [5.74, 6) is 0.730. The van der Waals surface area contributed by atoms with E-state index < -0.39 is 10.2 Å². The van der Waals surface area contributed by atoms with Crippen molar-refractivity contribution in [2.45, 2.75) is 32.2 Å². The second-order valence-electron chi connectivity index (χ2n) is 7.88. The fourth-order valence-corrected chi connectivity index (χ4v) is 5.53. The van der Waals surface area contributed by atoms with Gasteiger partial charge in [-0.2, -0.15) is 12.7 Å². The van der Waals surface area contributed by atoms with Crippen molar-refractivity contribution in [3.05, 3.63) is 35.9 Å². The summed E-state index contributed by atoms with van der Waals surface area (Å²) in [6.07, 6.45) is 4.04. The molecule has 1 unspecified atom stereocenters. The average Bonchev–Trinajstić information content (AvgIpc) is 2.69. The first-order valence-electron chi connectivity index (χ1n) is 10.1. The molecule has 1 N–H and O–H groups in total. The van der Waals surface area contributed by atoms with Crippen LogP contribution in [0.1, 0.15) is 31.2 Å². The second-order valence-corrected chi connectivity index (χ2v) is 9.64. The summed E-state index contributed by atoms with van der Waals surface area (Å²) in [5, 5.41) is 0. The molecular formula is C20H33N3O3S. The maximum atomic E-state index is 12.6. The van der Waals surface area contributed by atoms with Crippen LogP contribution in [0.3, 0.4) is 0 Å². The minimum Gasteiger partial charge on any atom is -0.384 e. The lowest BCUT2D eigenvalue weighted by atomic mass is 9.97. The molecule has 3 rings (SSSR count). The van der Waals surface area contributed by atoms with E-state index in [1.165, 1.54) is 5.56 Å². The highest BCUT2D eigenvalue weighted by molar-refractivity contribution is 7.87. The first-order valence-corrected chi connectivity index (χ1v) is 11.5. The van der Waals surface area contributed by atoms with Crippen molar-refractivity contribution in [3.63, 3.8) is 0 Å². The maximum absolute atomic E-state index is 12.6. The van der Waals surface area contributed by atoms with Crippen molar-refractivity contribution in [2.24, 2.45) is 11.8 Å². The van der Waals surface area contributed by atoms with E-state index in [0.29, 0.717) is 38.1 Å². The molecule has 2 aliphatic heterocycles. The van der Waals surface area contributed by atoms with Crippen LogP contribution in [0.2, 0.25) is 0 Å². The quantitative estimate of drug-likeness (QED) is 0.732. The predicted molar refractivity (Wildman–Crippen MR) is 108 cm³/mol. The normalized spacial score (nSPS) is 23.5. The van der Waals surface area contributed by atoms with Crippen molar-refractivity contribution in [3.8, 4) is 0 Å². The first kappa shape index (κ1) is 20.7. The molecule has 0 aliphatic carbocycles. The topological polar surface area (TPSA) is 61.9 Å². The Morgan fingerprint density at radius 3 is 2.52 bits per heavy atom. The standard InChI is InChI=1S/C20H33N3O3S/c1-26-17-20-8-5-11-23(16-20)27(24,25)21-14-18-9-12-22(13-10-18)15-19-6-3-2-4-7-19/h2-4,6-7,18,20-21H,5,8-17H2,1H3. The maximum Gasteiger partial charge on any atom is 0.279 e. The van der Waals surface area contributed by atoms with Gasteiger partial charge in [0.05, 0.1) is 6.61 Å². The van der Waals surface area contributed by atoms with Crippen LogP contribution in [0.4, 0.5) is 0 Å². The highest BCUT2D eigenvalue weighted by Crippen LogP contribution is 2.21. The van der Waals surface area contributed by atoms with Crippen LogP contribution in [0, 0.1) is 11.8 Å². The number of nitrogens with zero attached hydrogens (tertiary/aromatic N) is 2. The molecule has 2 saturated heterocycles. The molecule has 0 radical (unpaired) electrons. The highest BCUT2D eigenvalue weighted by atomic mass is 32.2. The molecule has 1 aromatic rings. The van der Waals surface area contributed by atoms with Crippen molar-refractivity contribution >= 4 is 10.2 Å². The Balaban J connectivity index is 1.41. The SMILES string of the molecule is COCC1CCCN(S(=O)(=O)NCC2CCN(Cc3ccccc3)CC2)C1. The fourth-order valence-electron chi connectivity index (χ4n) is 4.12. The Labute approximate surface area is 164 Å². The molecule has 0 bridgehead atoms. The molecule has 2 fully saturated rings. The zero-order valence-corrected chi connectivity index (χ0v) is 17.2. The van der Waals surface area contributed by atoms with E-state index in [-0.39, 0.29) is 0 Å². The van der Waals surface area contributed by atoms with E-state index in [9.17, 15) is 8.42 Å². The van der Waals surface area contributed by atoms with E-state index in [0.717, 1.165) is 45.3 Å². The third-order valence-electron chi connectivity index (χ3n) is 5.73. The fraction of sp³-hybridized carbons (Fsp3) is 0.700. The molecule has 0 spiro atoms. The summed E-state index contributed by atoms with van der Waals surface area (Å²) >= 11 is 0. The molecule has 27 heavy (non-hydrogen) atoms. The lowest BCUT2D eigenvalue weighted by molar-refractivity contribution is 0.118. The zero-order valence-electron chi connectivity index (χ0n) is 16.3. The van der Waals surface area contributed by atoms with Gasteiger partial charge in [0.2, 0.25) is 0 Å².